The number of benzene rings is 2. The van der Waals surface area contributed by atoms with Crippen molar-refractivity contribution in [2.75, 3.05) is 13.1 Å². The fourth-order valence-electron chi connectivity index (χ4n) is 4.47. The fourth-order valence-corrected chi connectivity index (χ4v) is 5.79. The highest BCUT2D eigenvalue weighted by Gasteiger charge is 2.27. The fraction of sp³-hybridized carbons (Fsp3) is 0.259. The maximum absolute atomic E-state index is 13.5. The van der Waals surface area contributed by atoms with Gasteiger partial charge in [-0.3, -0.25) is 19.0 Å². The number of fused-ring (bicyclic) bond motifs is 1. The zero-order valence-electron chi connectivity index (χ0n) is 20.2. The molecule has 0 aliphatic carbocycles. The van der Waals surface area contributed by atoms with Crippen LogP contribution in [0.3, 0.4) is 0 Å². The molecule has 2 amide bonds. The van der Waals surface area contributed by atoms with Crippen molar-refractivity contribution in [2.24, 2.45) is 11.7 Å². The molecular formula is C27H24ClFN4O4S. The number of rotatable bonds is 7. The second-order valence-electron chi connectivity index (χ2n) is 9.09. The Hall–Kier alpha value is -3.63. The molecule has 11 heteroatoms. The molecule has 0 bridgehead atoms. The van der Waals surface area contributed by atoms with E-state index in [0.29, 0.717) is 64.6 Å². The van der Waals surface area contributed by atoms with Crippen molar-refractivity contribution in [2.45, 2.75) is 30.3 Å². The number of hydrogen-bond acceptors (Lipinski definition) is 6. The van der Waals surface area contributed by atoms with Crippen LogP contribution in [0.2, 0.25) is 5.02 Å². The zero-order chi connectivity index (χ0) is 26.8. The number of carbonyl (C=O) groups excluding carboxylic acids is 2. The number of thioether (sulfide) groups is 1. The monoisotopic (exact) mass is 554 g/mol. The normalized spacial score (nSPS) is 14.2. The molecular weight excluding hydrogens is 531 g/mol. The van der Waals surface area contributed by atoms with Crippen molar-refractivity contribution in [1.29, 1.82) is 0 Å². The molecule has 2 N–H and O–H groups in total. The van der Waals surface area contributed by atoms with Gasteiger partial charge in [0.1, 0.15) is 11.6 Å². The lowest BCUT2D eigenvalue weighted by molar-refractivity contribution is -0.123. The Bertz CT molecular complexity index is 1570. The zero-order valence-corrected chi connectivity index (χ0v) is 21.8. The third-order valence-corrected chi connectivity index (χ3v) is 7.99. The van der Waals surface area contributed by atoms with Gasteiger partial charge in [-0.2, -0.15) is 0 Å². The van der Waals surface area contributed by atoms with Gasteiger partial charge in [0.25, 0.3) is 11.5 Å². The molecule has 3 heterocycles. The van der Waals surface area contributed by atoms with Crippen molar-refractivity contribution >= 4 is 46.1 Å². The van der Waals surface area contributed by atoms with Gasteiger partial charge < -0.3 is 15.1 Å². The lowest BCUT2D eigenvalue weighted by Crippen LogP contribution is -2.41. The SMILES string of the molecule is NC(=O)C1CCN(C(=O)c2ccc3c(=O)n(Cc4ccco4)c(SCc4ccc(F)cc4Cl)nc3c2)CC1. The van der Waals surface area contributed by atoms with Crippen molar-refractivity contribution in [1.82, 2.24) is 14.5 Å². The first-order valence-electron chi connectivity index (χ1n) is 12.0. The van der Waals surface area contributed by atoms with Gasteiger partial charge in [0.2, 0.25) is 5.91 Å². The van der Waals surface area contributed by atoms with Crippen LogP contribution in [-0.2, 0) is 17.1 Å². The Morgan fingerprint density at radius 2 is 1.95 bits per heavy atom. The molecule has 1 saturated heterocycles. The number of likely N-dealkylation sites (tertiary alicyclic amines) is 1. The standard InChI is InChI=1S/C27H24ClFN4O4S/c28-22-13-19(29)5-3-18(22)15-38-27-31-23-12-17(25(35)32-9-7-16(8-10-32)24(30)34)4-6-21(23)26(36)33(27)14-20-2-1-11-37-20/h1-6,11-13,16H,7-10,14-15H2,(H2,30,34). The van der Waals surface area contributed by atoms with Gasteiger partial charge in [0, 0.05) is 35.3 Å². The van der Waals surface area contributed by atoms with E-state index in [-0.39, 0.29) is 34.9 Å². The van der Waals surface area contributed by atoms with Crippen LogP contribution in [0.4, 0.5) is 4.39 Å². The highest BCUT2D eigenvalue weighted by Crippen LogP contribution is 2.28. The second-order valence-corrected chi connectivity index (χ2v) is 10.4. The van der Waals surface area contributed by atoms with Crippen LogP contribution >= 0.6 is 23.4 Å². The molecule has 0 radical (unpaired) electrons. The average Bonchev–Trinajstić information content (AvgIpc) is 3.43. The Balaban J connectivity index is 1.47. The van der Waals surface area contributed by atoms with Crippen molar-refractivity contribution in [3.8, 4) is 0 Å². The minimum atomic E-state index is -0.432. The van der Waals surface area contributed by atoms with Gasteiger partial charge in [0.05, 0.1) is 23.7 Å². The van der Waals surface area contributed by atoms with Crippen LogP contribution in [0.15, 0.2) is 69.2 Å². The highest BCUT2D eigenvalue weighted by atomic mass is 35.5. The molecule has 0 saturated carbocycles. The Morgan fingerprint density at radius 3 is 2.63 bits per heavy atom. The van der Waals surface area contributed by atoms with Crippen LogP contribution in [-0.4, -0.2) is 39.4 Å². The van der Waals surface area contributed by atoms with Crippen LogP contribution in [0.25, 0.3) is 10.9 Å². The Kier molecular flexibility index (Phi) is 7.53. The van der Waals surface area contributed by atoms with E-state index in [0.717, 1.165) is 0 Å². The van der Waals surface area contributed by atoms with Gasteiger partial charge in [-0.15, -0.1) is 0 Å². The van der Waals surface area contributed by atoms with Gasteiger partial charge in [-0.1, -0.05) is 29.4 Å². The van der Waals surface area contributed by atoms with Crippen molar-refractivity contribution < 1.29 is 18.4 Å². The molecule has 0 unspecified atom stereocenters. The smallest absolute Gasteiger partial charge is 0.262 e. The van der Waals surface area contributed by atoms with Gasteiger partial charge in [0.15, 0.2) is 5.16 Å². The van der Waals surface area contributed by atoms with Crippen molar-refractivity contribution in [3.63, 3.8) is 0 Å². The highest BCUT2D eigenvalue weighted by molar-refractivity contribution is 7.98. The molecule has 0 spiro atoms. The quantitative estimate of drug-likeness (QED) is 0.267. The van der Waals surface area contributed by atoms with E-state index in [9.17, 15) is 18.8 Å². The summed E-state index contributed by atoms with van der Waals surface area (Å²) in [6, 6.07) is 12.5. The van der Waals surface area contributed by atoms with Crippen LogP contribution in [0, 0.1) is 11.7 Å². The van der Waals surface area contributed by atoms with Crippen LogP contribution in [0.1, 0.15) is 34.5 Å². The summed E-state index contributed by atoms with van der Waals surface area (Å²) in [5, 5.41) is 1.06. The first kappa shape index (κ1) is 26.0. The van der Waals surface area contributed by atoms with Crippen LogP contribution in [0.5, 0.6) is 0 Å². The van der Waals surface area contributed by atoms with E-state index in [1.807, 2.05) is 0 Å². The number of hydrogen-bond donors (Lipinski definition) is 1. The molecule has 1 aliphatic rings. The number of primary amides is 1. The van der Waals surface area contributed by atoms with E-state index in [1.165, 1.54) is 34.7 Å². The molecule has 1 aliphatic heterocycles. The Labute approximate surface area is 226 Å². The van der Waals surface area contributed by atoms with E-state index < -0.39 is 5.82 Å². The molecule has 2 aromatic heterocycles. The number of nitrogens with two attached hydrogens (primary N) is 1. The first-order chi connectivity index (χ1) is 18.3. The van der Waals surface area contributed by atoms with Gasteiger partial charge in [-0.25, -0.2) is 9.37 Å². The Morgan fingerprint density at radius 1 is 1.16 bits per heavy atom. The topological polar surface area (TPSA) is 111 Å². The van der Waals surface area contributed by atoms with E-state index in [1.54, 1.807) is 41.3 Å². The summed E-state index contributed by atoms with van der Waals surface area (Å²) in [4.78, 5) is 44.6. The predicted octanol–water partition coefficient (Wildman–Crippen LogP) is 4.46. The van der Waals surface area contributed by atoms with Gasteiger partial charge >= 0.3 is 0 Å². The summed E-state index contributed by atoms with van der Waals surface area (Å²) in [7, 11) is 0. The van der Waals surface area contributed by atoms with E-state index >= 15 is 0 Å². The second kappa shape index (κ2) is 11.0. The number of carbonyl (C=O) groups is 2. The average molecular weight is 555 g/mol. The lowest BCUT2D eigenvalue weighted by atomic mass is 9.96. The summed E-state index contributed by atoms with van der Waals surface area (Å²) < 4.78 is 20.5. The lowest BCUT2D eigenvalue weighted by Gasteiger charge is -2.30. The number of aromatic nitrogens is 2. The van der Waals surface area contributed by atoms with E-state index in [2.05, 4.69) is 0 Å². The predicted molar refractivity (Wildman–Crippen MR) is 143 cm³/mol. The van der Waals surface area contributed by atoms with Gasteiger partial charge in [-0.05, 0) is 60.9 Å². The largest absolute Gasteiger partial charge is 0.467 e. The number of nitrogens with zero attached hydrogens (tertiary/aromatic N) is 3. The molecule has 1 fully saturated rings. The third-order valence-electron chi connectivity index (χ3n) is 6.62. The summed E-state index contributed by atoms with van der Waals surface area (Å²) in [6.07, 6.45) is 2.58. The molecule has 196 valence electrons. The molecule has 38 heavy (non-hydrogen) atoms. The summed E-state index contributed by atoms with van der Waals surface area (Å²) in [6.45, 7) is 1.04. The minimum Gasteiger partial charge on any atom is -0.467 e. The maximum Gasteiger partial charge on any atom is 0.262 e. The third kappa shape index (κ3) is 5.46. The summed E-state index contributed by atoms with van der Waals surface area (Å²) >= 11 is 7.49. The van der Waals surface area contributed by atoms with Crippen molar-refractivity contribution in [3.05, 3.63) is 92.9 Å². The number of furan rings is 1. The number of halogens is 2. The van der Waals surface area contributed by atoms with E-state index in [4.69, 9.17) is 26.7 Å². The molecule has 5 rings (SSSR count). The molecule has 8 nitrogen and oxygen atoms in total. The number of piperidine rings is 1. The molecule has 4 aromatic rings. The molecule has 2 aromatic carbocycles. The minimum absolute atomic E-state index is 0.170. The summed E-state index contributed by atoms with van der Waals surface area (Å²) in [5.74, 6) is -0.255. The van der Waals surface area contributed by atoms with Crippen LogP contribution < -0.4 is 11.3 Å². The molecule has 0 atom stereocenters. The summed E-state index contributed by atoms with van der Waals surface area (Å²) in [5.41, 5.74) is 6.62. The number of amides is 2. The maximum atomic E-state index is 13.5. The first-order valence-corrected chi connectivity index (χ1v) is 13.4.